The maximum absolute atomic E-state index is 14.8. The van der Waals surface area contributed by atoms with Crippen molar-refractivity contribution in [1.29, 1.82) is 0 Å². The van der Waals surface area contributed by atoms with Crippen LogP contribution in [-0.4, -0.2) is 35.6 Å². The standard InChI is InChI=1S/C23H18F3N3O3/c24-19-12-16(20(30)13-28-22(31)21(25)26)6-7-17(19)14-29(18-4-2-1-3-5-18)23(32)15-8-10-27-11-9-15/h1-12,21H,13-14H2,(H,28,31). The average molecular weight is 441 g/mol. The maximum atomic E-state index is 14.8. The monoisotopic (exact) mass is 441 g/mol. The van der Waals surface area contributed by atoms with E-state index in [0.29, 0.717) is 11.3 Å². The summed E-state index contributed by atoms with van der Waals surface area (Å²) < 4.78 is 39.2. The molecule has 0 saturated heterocycles. The summed E-state index contributed by atoms with van der Waals surface area (Å²) in [7, 11) is 0. The fourth-order valence-electron chi connectivity index (χ4n) is 2.90. The number of benzene rings is 2. The van der Waals surface area contributed by atoms with Gasteiger partial charge in [0.2, 0.25) is 0 Å². The summed E-state index contributed by atoms with van der Waals surface area (Å²) in [6.45, 7) is -0.799. The van der Waals surface area contributed by atoms with Gasteiger partial charge in [-0.05, 0) is 30.3 Å². The molecular formula is C23H18F3N3O3. The number of para-hydroxylation sites is 1. The Labute approximate surface area is 181 Å². The lowest BCUT2D eigenvalue weighted by Crippen LogP contribution is -2.34. The maximum Gasteiger partial charge on any atom is 0.315 e. The summed E-state index contributed by atoms with van der Waals surface area (Å²) in [5.41, 5.74) is 0.964. The smallest absolute Gasteiger partial charge is 0.315 e. The molecular weight excluding hydrogens is 423 g/mol. The van der Waals surface area contributed by atoms with Gasteiger partial charge in [-0.15, -0.1) is 0 Å². The molecule has 164 valence electrons. The van der Waals surface area contributed by atoms with Crippen LogP contribution in [0.2, 0.25) is 0 Å². The van der Waals surface area contributed by atoms with Gasteiger partial charge in [0.25, 0.3) is 11.8 Å². The molecule has 0 spiro atoms. The van der Waals surface area contributed by atoms with Crippen LogP contribution in [0.5, 0.6) is 0 Å². The zero-order chi connectivity index (χ0) is 23.1. The van der Waals surface area contributed by atoms with E-state index < -0.39 is 30.5 Å². The molecule has 0 bridgehead atoms. The van der Waals surface area contributed by atoms with Crippen LogP contribution in [0.15, 0.2) is 73.1 Å². The molecule has 1 N–H and O–H groups in total. The van der Waals surface area contributed by atoms with Crippen LogP contribution in [0.3, 0.4) is 0 Å². The number of Topliss-reactive ketones (excluding diaryl/α,β-unsaturated/α-hetero) is 1. The van der Waals surface area contributed by atoms with E-state index in [-0.39, 0.29) is 23.6 Å². The summed E-state index contributed by atoms with van der Waals surface area (Å²) in [5.74, 6) is -3.42. The minimum Gasteiger partial charge on any atom is -0.344 e. The molecule has 32 heavy (non-hydrogen) atoms. The minimum absolute atomic E-state index is 0.0902. The number of carbonyl (C=O) groups excluding carboxylic acids is 3. The molecule has 3 aromatic rings. The number of hydrogen-bond donors (Lipinski definition) is 1. The summed E-state index contributed by atoms with van der Waals surface area (Å²) >= 11 is 0. The van der Waals surface area contributed by atoms with Gasteiger partial charge in [-0.3, -0.25) is 19.4 Å². The fourth-order valence-corrected chi connectivity index (χ4v) is 2.90. The van der Waals surface area contributed by atoms with Crippen molar-refractivity contribution in [3.8, 4) is 0 Å². The third-order valence-corrected chi connectivity index (χ3v) is 4.57. The largest absolute Gasteiger partial charge is 0.344 e. The number of halogens is 3. The van der Waals surface area contributed by atoms with E-state index in [9.17, 15) is 27.6 Å². The number of rotatable bonds is 8. The number of amides is 2. The molecule has 1 heterocycles. The molecule has 2 aromatic carbocycles. The number of anilines is 1. The normalized spacial score (nSPS) is 10.6. The van der Waals surface area contributed by atoms with Gasteiger partial charge in [0.05, 0.1) is 13.1 Å². The quantitative estimate of drug-likeness (QED) is 0.542. The Kier molecular flexibility index (Phi) is 7.33. The van der Waals surface area contributed by atoms with Crippen molar-refractivity contribution >= 4 is 23.3 Å². The number of nitrogens with zero attached hydrogens (tertiary/aromatic N) is 2. The first-order valence-corrected chi connectivity index (χ1v) is 9.51. The van der Waals surface area contributed by atoms with Crippen molar-refractivity contribution in [2.75, 3.05) is 11.4 Å². The molecule has 6 nitrogen and oxygen atoms in total. The summed E-state index contributed by atoms with van der Waals surface area (Å²) in [6, 6.07) is 15.4. The SMILES string of the molecule is O=C(CNC(=O)C(F)F)c1ccc(CN(C(=O)c2ccncc2)c2ccccc2)c(F)c1. The highest BCUT2D eigenvalue weighted by molar-refractivity contribution is 6.06. The molecule has 1 aromatic heterocycles. The van der Waals surface area contributed by atoms with Gasteiger partial charge in [-0.1, -0.05) is 30.3 Å². The van der Waals surface area contributed by atoms with Crippen LogP contribution in [-0.2, 0) is 11.3 Å². The summed E-state index contributed by atoms with van der Waals surface area (Å²) in [6.07, 6.45) is -0.294. The Morgan fingerprint density at radius 2 is 1.62 bits per heavy atom. The van der Waals surface area contributed by atoms with Crippen LogP contribution in [0.1, 0.15) is 26.3 Å². The molecule has 9 heteroatoms. The van der Waals surface area contributed by atoms with Gasteiger partial charge in [0.15, 0.2) is 5.78 Å². The van der Waals surface area contributed by atoms with Crippen molar-refractivity contribution in [2.45, 2.75) is 13.0 Å². The molecule has 0 unspecified atom stereocenters. The topological polar surface area (TPSA) is 79.4 Å². The number of carbonyl (C=O) groups is 3. The first kappa shape index (κ1) is 22.7. The number of nitrogens with one attached hydrogen (secondary N) is 1. The van der Waals surface area contributed by atoms with Crippen LogP contribution in [0, 0.1) is 5.82 Å². The minimum atomic E-state index is -3.25. The highest BCUT2D eigenvalue weighted by atomic mass is 19.3. The second kappa shape index (κ2) is 10.3. The molecule has 0 aliphatic rings. The van der Waals surface area contributed by atoms with Crippen molar-refractivity contribution < 1.29 is 27.6 Å². The van der Waals surface area contributed by atoms with E-state index in [2.05, 4.69) is 4.98 Å². The highest BCUT2D eigenvalue weighted by Crippen LogP contribution is 2.22. The summed E-state index contributed by atoms with van der Waals surface area (Å²) in [5, 5.41) is 1.78. The summed E-state index contributed by atoms with van der Waals surface area (Å²) in [4.78, 5) is 41.3. The van der Waals surface area contributed by atoms with Crippen LogP contribution in [0.4, 0.5) is 18.9 Å². The fraction of sp³-hybridized carbons (Fsp3) is 0.130. The van der Waals surface area contributed by atoms with Crippen LogP contribution < -0.4 is 10.2 Å². The van der Waals surface area contributed by atoms with E-state index >= 15 is 0 Å². The van der Waals surface area contributed by atoms with Gasteiger partial charge < -0.3 is 10.2 Å². The van der Waals surface area contributed by atoms with Gasteiger partial charge in [0, 0.05) is 34.8 Å². The zero-order valence-electron chi connectivity index (χ0n) is 16.7. The lowest BCUT2D eigenvalue weighted by atomic mass is 10.1. The second-order valence-corrected chi connectivity index (χ2v) is 6.71. The van der Waals surface area contributed by atoms with E-state index in [1.807, 2.05) is 0 Å². The first-order chi connectivity index (χ1) is 15.4. The van der Waals surface area contributed by atoms with Gasteiger partial charge in [-0.25, -0.2) is 4.39 Å². The third kappa shape index (κ3) is 5.57. The highest BCUT2D eigenvalue weighted by Gasteiger charge is 2.21. The van der Waals surface area contributed by atoms with Crippen molar-refractivity contribution in [1.82, 2.24) is 10.3 Å². The predicted molar refractivity (Wildman–Crippen MR) is 111 cm³/mol. The lowest BCUT2D eigenvalue weighted by molar-refractivity contribution is -0.131. The third-order valence-electron chi connectivity index (χ3n) is 4.57. The zero-order valence-corrected chi connectivity index (χ0v) is 16.7. The molecule has 0 aliphatic heterocycles. The Hall–Kier alpha value is -4.01. The van der Waals surface area contributed by atoms with Crippen molar-refractivity contribution in [2.24, 2.45) is 0 Å². The van der Waals surface area contributed by atoms with Crippen LogP contribution >= 0.6 is 0 Å². The Morgan fingerprint density at radius 3 is 2.25 bits per heavy atom. The van der Waals surface area contributed by atoms with Gasteiger partial charge in [-0.2, -0.15) is 8.78 Å². The van der Waals surface area contributed by atoms with E-state index in [1.165, 1.54) is 29.4 Å². The van der Waals surface area contributed by atoms with E-state index in [1.54, 1.807) is 47.8 Å². The first-order valence-electron chi connectivity index (χ1n) is 9.51. The Balaban J connectivity index is 1.81. The molecule has 0 fully saturated rings. The number of hydrogen-bond acceptors (Lipinski definition) is 4. The Morgan fingerprint density at radius 1 is 0.938 bits per heavy atom. The molecule has 0 atom stereocenters. The lowest BCUT2D eigenvalue weighted by Gasteiger charge is -2.23. The van der Waals surface area contributed by atoms with Crippen molar-refractivity contribution in [3.05, 3.63) is 95.6 Å². The Bertz CT molecular complexity index is 1110. The molecule has 3 rings (SSSR count). The molecule has 0 radical (unpaired) electrons. The van der Waals surface area contributed by atoms with E-state index in [0.717, 1.165) is 6.07 Å². The number of aromatic nitrogens is 1. The molecule has 0 aliphatic carbocycles. The van der Waals surface area contributed by atoms with Gasteiger partial charge >= 0.3 is 6.43 Å². The number of alkyl halides is 2. The predicted octanol–water partition coefficient (Wildman–Crippen LogP) is 3.63. The van der Waals surface area contributed by atoms with E-state index in [4.69, 9.17) is 0 Å². The second-order valence-electron chi connectivity index (χ2n) is 6.71. The molecule has 0 saturated carbocycles. The molecule has 2 amide bonds. The average Bonchev–Trinajstić information content (AvgIpc) is 2.82. The number of pyridine rings is 1. The van der Waals surface area contributed by atoms with Crippen LogP contribution in [0.25, 0.3) is 0 Å². The van der Waals surface area contributed by atoms with Gasteiger partial charge in [0.1, 0.15) is 5.82 Å². The number of ketones is 1. The van der Waals surface area contributed by atoms with Crippen molar-refractivity contribution in [3.63, 3.8) is 0 Å².